The average molecular weight is 511 g/mol. The Kier molecular flexibility index (Phi) is 7.04. The fourth-order valence-corrected chi connectivity index (χ4v) is 5.08. The van der Waals surface area contributed by atoms with Crippen LogP contribution in [0.4, 0.5) is 5.69 Å². The van der Waals surface area contributed by atoms with Gasteiger partial charge < -0.3 is 10.6 Å². The quantitative estimate of drug-likeness (QED) is 0.288. The number of rotatable bonds is 6. The second kappa shape index (κ2) is 10.6. The maximum Gasteiger partial charge on any atom is 0.251 e. The van der Waals surface area contributed by atoms with Crippen molar-refractivity contribution in [2.24, 2.45) is 0 Å². The molecule has 6 nitrogen and oxygen atoms in total. The molecule has 0 aliphatic heterocycles. The van der Waals surface area contributed by atoms with E-state index in [1.165, 1.54) is 0 Å². The molecule has 1 heterocycles. The van der Waals surface area contributed by atoms with Crippen LogP contribution in [0.15, 0.2) is 60.7 Å². The van der Waals surface area contributed by atoms with E-state index in [-0.39, 0.29) is 17.6 Å². The molecule has 7 heteroatoms. The molecule has 1 aromatic heterocycles. The molecule has 186 valence electrons. The van der Waals surface area contributed by atoms with Crippen molar-refractivity contribution in [1.82, 2.24) is 15.3 Å². The molecular formula is C30H27ClN4O2. The zero-order valence-electron chi connectivity index (χ0n) is 20.8. The fraction of sp³-hybridized carbons (Fsp3) is 0.233. The Morgan fingerprint density at radius 1 is 1.00 bits per heavy atom. The number of hydrogen-bond donors (Lipinski definition) is 2. The van der Waals surface area contributed by atoms with Crippen molar-refractivity contribution in [1.29, 1.82) is 0 Å². The highest BCUT2D eigenvalue weighted by atomic mass is 35.5. The Morgan fingerprint density at radius 3 is 2.43 bits per heavy atom. The number of nitrogens with zero attached hydrogens (tertiary/aromatic N) is 2. The van der Waals surface area contributed by atoms with Crippen LogP contribution < -0.4 is 10.6 Å². The first-order valence-corrected chi connectivity index (χ1v) is 12.8. The van der Waals surface area contributed by atoms with Crippen molar-refractivity contribution in [3.8, 4) is 11.4 Å². The van der Waals surface area contributed by atoms with E-state index in [1.807, 2.05) is 50.1 Å². The van der Waals surface area contributed by atoms with Crippen LogP contribution in [-0.4, -0.2) is 27.9 Å². The Balaban J connectivity index is 1.50. The molecule has 37 heavy (non-hydrogen) atoms. The first-order valence-electron chi connectivity index (χ1n) is 12.4. The van der Waals surface area contributed by atoms with Crippen LogP contribution in [0.2, 0.25) is 5.02 Å². The zero-order valence-corrected chi connectivity index (χ0v) is 21.5. The van der Waals surface area contributed by atoms with E-state index in [0.717, 1.165) is 47.7 Å². The van der Waals surface area contributed by atoms with Gasteiger partial charge in [-0.25, -0.2) is 14.8 Å². The summed E-state index contributed by atoms with van der Waals surface area (Å²) >= 11 is 6.45. The minimum absolute atomic E-state index is 0.0817. The van der Waals surface area contributed by atoms with Crippen LogP contribution in [0.5, 0.6) is 0 Å². The SMILES string of the molecule is Cc1cc(C)c2nc(-c3ccccc3Cl)nc(C(=C=O)Nc3ccc(C(=O)NC4CCCC4)cc3)c2c1. The lowest BCUT2D eigenvalue weighted by molar-refractivity contribution is 0.0938. The molecule has 3 aromatic carbocycles. The Labute approximate surface area is 220 Å². The van der Waals surface area contributed by atoms with Gasteiger partial charge in [0.25, 0.3) is 5.91 Å². The summed E-state index contributed by atoms with van der Waals surface area (Å²) in [4.78, 5) is 34.4. The van der Waals surface area contributed by atoms with E-state index in [2.05, 4.69) is 10.6 Å². The Bertz CT molecular complexity index is 1540. The number of carbonyl (C=O) groups is 1. The summed E-state index contributed by atoms with van der Waals surface area (Å²) in [6.45, 7) is 3.97. The lowest BCUT2D eigenvalue weighted by Crippen LogP contribution is -2.32. The molecule has 0 saturated heterocycles. The van der Waals surface area contributed by atoms with E-state index in [0.29, 0.717) is 33.4 Å². The molecule has 4 aromatic rings. The molecule has 5 rings (SSSR count). The molecule has 0 atom stereocenters. The fourth-order valence-electron chi connectivity index (χ4n) is 4.86. The molecule has 1 fully saturated rings. The van der Waals surface area contributed by atoms with E-state index >= 15 is 0 Å². The zero-order chi connectivity index (χ0) is 25.9. The van der Waals surface area contributed by atoms with Gasteiger partial charge in [0.05, 0.1) is 10.5 Å². The van der Waals surface area contributed by atoms with E-state index in [9.17, 15) is 9.59 Å². The molecule has 0 radical (unpaired) electrons. The third-order valence-corrected chi connectivity index (χ3v) is 7.03. The Morgan fingerprint density at radius 2 is 1.73 bits per heavy atom. The lowest BCUT2D eigenvalue weighted by atomic mass is 10.0. The van der Waals surface area contributed by atoms with Crippen molar-refractivity contribution >= 4 is 45.7 Å². The number of anilines is 1. The van der Waals surface area contributed by atoms with Crippen molar-refractivity contribution in [3.63, 3.8) is 0 Å². The summed E-state index contributed by atoms with van der Waals surface area (Å²) in [6.07, 6.45) is 4.37. The predicted molar refractivity (Wildman–Crippen MR) is 148 cm³/mol. The first kappa shape index (κ1) is 24.7. The van der Waals surface area contributed by atoms with Crippen LogP contribution in [0, 0.1) is 13.8 Å². The van der Waals surface area contributed by atoms with E-state index < -0.39 is 0 Å². The maximum absolute atomic E-state index is 12.6. The summed E-state index contributed by atoms with van der Waals surface area (Å²) in [5, 5.41) is 7.51. The standard InChI is InChI=1S/C30H27ClN4O2/c1-18-15-19(2)27-24(16-18)28(35-29(34-27)23-9-5-6-10-25(23)31)26(17-36)32-22-13-11-20(12-14-22)30(37)33-21-7-3-4-8-21/h5-6,9-16,21,32H,3-4,7-8H2,1-2H3,(H,33,37). The highest BCUT2D eigenvalue weighted by molar-refractivity contribution is 6.33. The van der Waals surface area contributed by atoms with Gasteiger partial charge in [0, 0.05) is 28.2 Å². The van der Waals surface area contributed by atoms with E-state index in [1.54, 1.807) is 30.3 Å². The van der Waals surface area contributed by atoms with Gasteiger partial charge in [-0.2, -0.15) is 0 Å². The van der Waals surface area contributed by atoms with Gasteiger partial charge in [-0.05, 0) is 74.7 Å². The predicted octanol–water partition coefficient (Wildman–Crippen LogP) is 6.52. The van der Waals surface area contributed by atoms with Crippen molar-refractivity contribution < 1.29 is 9.59 Å². The summed E-state index contributed by atoms with van der Waals surface area (Å²) in [6, 6.07) is 18.6. The third-order valence-electron chi connectivity index (χ3n) is 6.70. The molecule has 0 bridgehead atoms. The summed E-state index contributed by atoms with van der Waals surface area (Å²) in [5.74, 6) is 2.37. The smallest absolute Gasteiger partial charge is 0.251 e. The lowest BCUT2D eigenvalue weighted by Gasteiger charge is -2.15. The molecule has 0 spiro atoms. The number of amides is 1. The third kappa shape index (κ3) is 5.26. The second-order valence-corrected chi connectivity index (χ2v) is 9.90. The van der Waals surface area contributed by atoms with Crippen LogP contribution in [-0.2, 0) is 4.79 Å². The van der Waals surface area contributed by atoms with Crippen LogP contribution in [0.3, 0.4) is 0 Å². The highest BCUT2D eigenvalue weighted by Gasteiger charge is 2.19. The van der Waals surface area contributed by atoms with Crippen LogP contribution >= 0.6 is 11.6 Å². The highest BCUT2D eigenvalue weighted by Crippen LogP contribution is 2.31. The number of carbonyl (C=O) groups excluding carboxylic acids is 2. The first-order chi connectivity index (χ1) is 17.9. The molecule has 2 N–H and O–H groups in total. The molecule has 1 amide bonds. The number of nitrogens with one attached hydrogen (secondary N) is 2. The summed E-state index contributed by atoms with van der Waals surface area (Å²) < 4.78 is 0. The topological polar surface area (TPSA) is 84.0 Å². The monoisotopic (exact) mass is 510 g/mol. The summed E-state index contributed by atoms with van der Waals surface area (Å²) in [7, 11) is 0. The number of aromatic nitrogens is 2. The van der Waals surface area contributed by atoms with Crippen LogP contribution in [0.1, 0.15) is 52.9 Å². The van der Waals surface area contributed by atoms with Gasteiger partial charge >= 0.3 is 0 Å². The van der Waals surface area contributed by atoms with Crippen LogP contribution in [0.25, 0.3) is 28.0 Å². The normalized spacial score (nSPS) is 13.4. The van der Waals surface area contributed by atoms with Gasteiger partial charge in [-0.1, -0.05) is 48.2 Å². The number of benzene rings is 3. The van der Waals surface area contributed by atoms with Gasteiger partial charge in [0.15, 0.2) is 17.5 Å². The van der Waals surface area contributed by atoms with Crippen molar-refractivity contribution in [2.45, 2.75) is 45.6 Å². The van der Waals surface area contributed by atoms with Crippen molar-refractivity contribution in [2.75, 3.05) is 5.32 Å². The molecule has 0 unspecified atom stereocenters. The minimum atomic E-state index is -0.0817. The largest absolute Gasteiger partial charge is 0.349 e. The average Bonchev–Trinajstić information content (AvgIpc) is 3.40. The number of halogens is 1. The molecular weight excluding hydrogens is 484 g/mol. The Hall–Kier alpha value is -3.99. The molecule has 1 saturated carbocycles. The maximum atomic E-state index is 12.6. The van der Waals surface area contributed by atoms with Gasteiger partial charge in [-0.15, -0.1) is 0 Å². The number of aryl methyl sites for hydroxylation is 2. The second-order valence-electron chi connectivity index (χ2n) is 9.49. The van der Waals surface area contributed by atoms with Gasteiger partial charge in [0.2, 0.25) is 0 Å². The van der Waals surface area contributed by atoms with Crippen molar-refractivity contribution in [3.05, 3.63) is 88.1 Å². The van der Waals surface area contributed by atoms with Gasteiger partial charge in [-0.3, -0.25) is 4.79 Å². The molecule has 1 aliphatic carbocycles. The number of hydrogen-bond acceptors (Lipinski definition) is 5. The number of fused-ring (bicyclic) bond motifs is 1. The summed E-state index contributed by atoms with van der Waals surface area (Å²) in [5.41, 5.74) is 5.24. The van der Waals surface area contributed by atoms with E-state index in [4.69, 9.17) is 21.6 Å². The van der Waals surface area contributed by atoms with Gasteiger partial charge in [0.1, 0.15) is 5.69 Å². The molecule has 1 aliphatic rings. The minimum Gasteiger partial charge on any atom is -0.349 e.